The third kappa shape index (κ3) is 4.34. The summed E-state index contributed by atoms with van der Waals surface area (Å²) in [5.74, 6) is -3.30. The minimum atomic E-state index is -2.67. The first-order valence-electron chi connectivity index (χ1n) is 9.30. The molecule has 1 unspecified atom stereocenters. The van der Waals surface area contributed by atoms with Crippen molar-refractivity contribution in [2.45, 2.75) is 58.9 Å². The molecule has 4 nitrogen and oxygen atoms in total. The van der Waals surface area contributed by atoms with Gasteiger partial charge in [0.15, 0.2) is 0 Å². The summed E-state index contributed by atoms with van der Waals surface area (Å²) in [5, 5.41) is 11.0. The van der Waals surface area contributed by atoms with E-state index < -0.39 is 11.9 Å². The van der Waals surface area contributed by atoms with E-state index in [0.717, 1.165) is 37.2 Å². The van der Waals surface area contributed by atoms with Crippen molar-refractivity contribution in [3.8, 4) is 0 Å². The third-order valence-electron chi connectivity index (χ3n) is 5.43. The Bertz CT molecular complexity index is 756. The molecule has 0 aromatic carbocycles. The van der Waals surface area contributed by atoms with Gasteiger partial charge in [0.25, 0.3) is 5.92 Å². The number of halogens is 2. The highest BCUT2D eigenvalue weighted by Crippen LogP contribution is 2.30. The van der Waals surface area contributed by atoms with Crippen LogP contribution in [-0.2, 0) is 0 Å². The lowest BCUT2D eigenvalue weighted by molar-refractivity contribution is -0.0240. The molecule has 0 saturated carbocycles. The Morgan fingerprint density at radius 1 is 1.42 bits per heavy atom. The predicted molar refractivity (Wildman–Crippen MR) is 100 cm³/mol. The molecule has 6 heteroatoms. The van der Waals surface area contributed by atoms with Crippen LogP contribution in [0.4, 0.5) is 8.78 Å². The van der Waals surface area contributed by atoms with Crippen LogP contribution in [0, 0.1) is 12.8 Å². The molecular formula is C20H30F2N2O2. The van der Waals surface area contributed by atoms with Gasteiger partial charge < -0.3 is 9.67 Å². The van der Waals surface area contributed by atoms with E-state index in [1.807, 2.05) is 24.8 Å². The van der Waals surface area contributed by atoms with Gasteiger partial charge in [-0.05, 0) is 52.1 Å². The number of alkyl halides is 2. The molecule has 0 radical (unpaired) electrons. The first kappa shape index (κ1) is 20.6. The summed E-state index contributed by atoms with van der Waals surface area (Å²) in [7, 11) is 0. The van der Waals surface area contributed by atoms with Crippen LogP contribution in [0.1, 0.15) is 62.1 Å². The minimum Gasteiger partial charge on any atom is -0.478 e. The van der Waals surface area contributed by atoms with E-state index in [4.69, 9.17) is 0 Å². The van der Waals surface area contributed by atoms with Gasteiger partial charge in [-0.3, -0.25) is 4.90 Å². The Labute approximate surface area is 153 Å². The van der Waals surface area contributed by atoms with Crippen LogP contribution < -0.4 is 10.6 Å². The van der Waals surface area contributed by atoms with Crippen molar-refractivity contribution >= 4 is 18.6 Å². The molecule has 2 heterocycles. The summed E-state index contributed by atoms with van der Waals surface area (Å²) in [6.07, 6.45) is 4.47. The Morgan fingerprint density at radius 2 is 2.00 bits per heavy atom. The van der Waals surface area contributed by atoms with E-state index in [1.165, 1.54) is 0 Å². The summed E-state index contributed by atoms with van der Waals surface area (Å²) in [6, 6.07) is 0.102. The average Bonchev–Trinajstić information content (AvgIpc) is 2.77. The number of aromatic carboxylic acids is 1. The molecule has 0 spiro atoms. The fraction of sp³-hybridized carbons (Fsp3) is 0.650. The molecule has 0 aliphatic carbocycles. The van der Waals surface area contributed by atoms with Crippen LogP contribution in [0.15, 0.2) is 0 Å². The van der Waals surface area contributed by atoms with Gasteiger partial charge in [0.05, 0.1) is 12.1 Å². The van der Waals surface area contributed by atoms with Gasteiger partial charge >= 0.3 is 5.97 Å². The Kier molecular flexibility index (Phi) is 6.27. The van der Waals surface area contributed by atoms with Crippen LogP contribution in [0.2, 0.25) is 0 Å². The molecule has 0 bridgehead atoms. The van der Waals surface area contributed by atoms with E-state index in [9.17, 15) is 18.7 Å². The highest BCUT2D eigenvalue weighted by atomic mass is 19.3. The molecule has 1 aliphatic rings. The van der Waals surface area contributed by atoms with Crippen molar-refractivity contribution in [1.82, 2.24) is 9.47 Å². The standard InChI is InChI=1S/C20H30F2N2O2/c1-6-7-17-13(2)18(19(25)26)15(4)24(17)14(3)16-8-10-23(11-9-16)12-20(5,21)22/h7,14,16H,2,6,8-12H2,1,3-5H3,(H,25,26). The van der Waals surface area contributed by atoms with E-state index in [2.05, 4.69) is 18.1 Å². The van der Waals surface area contributed by atoms with Gasteiger partial charge in [0, 0.05) is 29.2 Å². The summed E-state index contributed by atoms with van der Waals surface area (Å²) >= 11 is 0. The second-order valence-electron chi connectivity index (χ2n) is 7.54. The van der Waals surface area contributed by atoms with Crippen LogP contribution in [-0.4, -0.2) is 46.1 Å². The number of hydrogen-bond acceptors (Lipinski definition) is 2. The van der Waals surface area contributed by atoms with Crippen molar-refractivity contribution in [2.75, 3.05) is 19.6 Å². The maximum absolute atomic E-state index is 13.2. The fourth-order valence-corrected chi connectivity index (χ4v) is 4.21. The van der Waals surface area contributed by atoms with Crippen LogP contribution in [0.5, 0.6) is 0 Å². The molecule has 1 aromatic heterocycles. The van der Waals surface area contributed by atoms with Crippen LogP contribution in [0.25, 0.3) is 12.7 Å². The smallest absolute Gasteiger partial charge is 0.338 e. The fourth-order valence-electron chi connectivity index (χ4n) is 4.21. The monoisotopic (exact) mass is 368 g/mol. The number of carboxylic acids is 1. The van der Waals surface area contributed by atoms with Gasteiger partial charge in [-0.15, -0.1) is 0 Å². The molecule has 1 saturated heterocycles. The lowest BCUT2D eigenvalue weighted by Gasteiger charge is -2.36. The summed E-state index contributed by atoms with van der Waals surface area (Å²) in [5.41, 5.74) is 0.997. The van der Waals surface area contributed by atoms with Gasteiger partial charge in [-0.1, -0.05) is 19.6 Å². The number of piperidine rings is 1. The predicted octanol–water partition coefficient (Wildman–Crippen LogP) is 3.02. The largest absolute Gasteiger partial charge is 0.478 e. The van der Waals surface area contributed by atoms with E-state index >= 15 is 0 Å². The maximum atomic E-state index is 13.2. The number of carboxylic acid groups (broad SMARTS) is 1. The van der Waals surface area contributed by atoms with E-state index in [1.54, 1.807) is 0 Å². The first-order valence-corrected chi connectivity index (χ1v) is 9.30. The van der Waals surface area contributed by atoms with Crippen molar-refractivity contribution < 1.29 is 18.7 Å². The quantitative estimate of drug-likeness (QED) is 0.840. The van der Waals surface area contributed by atoms with Gasteiger partial charge in [0.2, 0.25) is 0 Å². The number of likely N-dealkylation sites (tertiary alicyclic amines) is 1. The van der Waals surface area contributed by atoms with Gasteiger partial charge in [-0.25, -0.2) is 13.6 Å². The normalized spacial score (nSPS) is 19.1. The second kappa shape index (κ2) is 7.91. The Hall–Kier alpha value is -1.69. The first-order chi connectivity index (χ1) is 12.1. The average molecular weight is 368 g/mol. The molecule has 146 valence electrons. The molecule has 1 aromatic rings. The van der Waals surface area contributed by atoms with Gasteiger partial charge in [-0.2, -0.15) is 0 Å². The zero-order valence-corrected chi connectivity index (χ0v) is 16.2. The lowest BCUT2D eigenvalue weighted by Crippen LogP contribution is -2.43. The highest BCUT2D eigenvalue weighted by Gasteiger charge is 2.31. The maximum Gasteiger partial charge on any atom is 0.338 e. The molecule has 26 heavy (non-hydrogen) atoms. The molecule has 2 rings (SSSR count). The van der Waals surface area contributed by atoms with Gasteiger partial charge in [0.1, 0.15) is 0 Å². The number of carbonyl (C=O) groups is 1. The number of rotatable bonds is 6. The van der Waals surface area contributed by atoms with Crippen LogP contribution in [0.3, 0.4) is 0 Å². The summed E-state index contributed by atoms with van der Waals surface area (Å²) < 4.78 is 28.5. The zero-order valence-electron chi connectivity index (χ0n) is 16.2. The summed E-state index contributed by atoms with van der Waals surface area (Å²) in [4.78, 5) is 13.5. The van der Waals surface area contributed by atoms with Crippen molar-refractivity contribution in [1.29, 1.82) is 0 Å². The lowest BCUT2D eigenvalue weighted by atomic mass is 9.89. The van der Waals surface area contributed by atoms with Crippen molar-refractivity contribution in [2.24, 2.45) is 5.92 Å². The molecule has 1 fully saturated rings. The zero-order chi connectivity index (χ0) is 19.6. The van der Waals surface area contributed by atoms with Crippen molar-refractivity contribution in [3.63, 3.8) is 0 Å². The molecule has 1 atom stereocenters. The number of hydrogen-bond donors (Lipinski definition) is 1. The molecule has 1 aliphatic heterocycles. The minimum absolute atomic E-state index is 0.102. The molecule has 0 amide bonds. The summed E-state index contributed by atoms with van der Waals surface area (Å²) in [6.45, 7) is 12.0. The van der Waals surface area contributed by atoms with Crippen LogP contribution >= 0.6 is 0 Å². The van der Waals surface area contributed by atoms with E-state index in [-0.39, 0.29) is 18.2 Å². The molecular weight excluding hydrogens is 338 g/mol. The highest BCUT2D eigenvalue weighted by molar-refractivity contribution is 5.89. The van der Waals surface area contributed by atoms with E-state index in [0.29, 0.717) is 24.2 Å². The molecule has 1 N–H and O–H groups in total. The number of aromatic nitrogens is 1. The Balaban J connectivity index is 2.27. The van der Waals surface area contributed by atoms with Crippen molar-refractivity contribution in [3.05, 3.63) is 21.8 Å². The SMILES string of the molecule is C=c1c(C(=O)O)c(C)n(C(C)C2CCN(CC(C)(F)F)CC2)c1=CCC. The Morgan fingerprint density at radius 3 is 2.46 bits per heavy atom. The topological polar surface area (TPSA) is 45.5 Å². The third-order valence-corrected chi connectivity index (χ3v) is 5.43. The second-order valence-corrected chi connectivity index (χ2v) is 7.54. The number of nitrogens with zero attached hydrogens (tertiary/aromatic N) is 2.